The number of hydrogen-bond acceptors (Lipinski definition) is 3. The summed E-state index contributed by atoms with van der Waals surface area (Å²) in [6, 6.07) is 3.96. The Hall–Kier alpha value is -1.42. The number of rotatable bonds is 3. The first kappa shape index (κ1) is 8.85. The molecule has 2 aromatic heterocycles. The molecular weight excluding hydrogens is 208 g/mol. The van der Waals surface area contributed by atoms with Crippen LogP contribution in [0, 0.1) is 0 Å². The maximum atomic E-state index is 11.1. The zero-order chi connectivity index (χ0) is 10.3. The smallest absolute Gasteiger partial charge is 0.154 e. The van der Waals surface area contributed by atoms with Gasteiger partial charge in [0.15, 0.2) is 6.29 Å². The third-order valence-corrected chi connectivity index (χ3v) is 3.57. The van der Waals surface area contributed by atoms with E-state index in [0.29, 0.717) is 5.92 Å². The van der Waals surface area contributed by atoms with Crippen molar-refractivity contribution in [3.05, 3.63) is 28.8 Å². The van der Waals surface area contributed by atoms with E-state index in [4.69, 9.17) is 0 Å². The van der Waals surface area contributed by atoms with Gasteiger partial charge < -0.3 is 0 Å². The summed E-state index contributed by atoms with van der Waals surface area (Å²) < 4.78 is 0. The molecule has 1 fully saturated rings. The molecule has 1 aliphatic rings. The van der Waals surface area contributed by atoms with E-state index in [-0.39, 0.29) is 0 Å². The molecule has 0 radical (unpaired) electrons. The van der Waals surface area contributed by atoms with Crippen LogP contribution in [0.15, 0.2) is 17.5 Å². The topological polar surface area (TPSA) is 45.8 Å². The lowest BCUT2D eigenvalue weighted by Crippen LogP contribution is -1.87. The highest BCUT2D eigenvalue weighted by atomic mass is 32.1. The van der Waals surface area contributed by atoms with E-state index in [9.17, 15) is 4.79 Å². The van der Waals surface area contributed by atoms with Crippen LogP contribution in [-0.2, 0) is 0 Å². The van der Waals surface area contributed by atoms with Gasteiger partial charge in [-0.05, 0) is 24.3 Å². The summed E-state index contributed by atoms with van der Waals surface area (Å²) >= 11 is 1.61. The van der Waals surface area contributed by atoms with Crippen LogP contribution in [0.2, 0.25) is 0 Å². The summed E-state index contributed by atoms with van der Waals surface area (Å²) in [6.07, 6.45) is 3.27. The molecule has 0 saturated heterocycles. The van der Waals surface area contributed by atoms with Gasteiger partial charge in [0, 0.05) is 11.6 Å². The molecule has 0 bridgehead atoms. The Kier molecular flexibility index (Phi) is 1.95. The average molecular weight is 218 g/mol. The number of nitrogens with one attached hydrogen (secondary N) is 1. The van der Waals surface area contributed by atoms with Crippen LogP contribution in [0.1, 0.15) is 34.8 Å². The molecule has 0 spiro atoms. The minimum absolute atomic E-state index is 0.534. The Bertz CT molecular complexity index is 483. The first-order chi connectivity index (χ1) is 7.40. The standard InChI is InChI=1S/C11H10N2OS/c14-6-8-10(7-3-4-7)12-13-11(8)9-2-1-5-15-9/h1-2,5-7H,3-4H2,(H,12,13). The third-order valence-electron chi connectivity index (χ3n) is 2.69. The molecule has 0 aliphatic heterocycles. The van der Waals surface area contributed by atoms with E-state index in [2.05, 4.69) is 10.2 Å². The first-order valence-electron chi connectivity index (χ1n) is 4.97. The van der Waals surface area contributed by atoms with Crippen LogP contribution in [-0.4, -0.2) is 16.5 Å². The highest BCUT2D eigenvalue weighted by Gasteiger charge is 2.29. The summed E-state index contributed by atoms with van der Waals surface area (Å²) in [5.41, 5.74) is 2.58. The molecule has 0 unspecified atom stereocenters. The number of aromatic nitrogens is 2. The molecule has 15 heavy (non-hydrogen) atoms. The fraction of sp³-hybridized carbons (Fsp3) is 0.273. The van der Waals surface area contributed by atoms with Crippen molar-refractivity contribution in [3.63, 3.8) is 0 Å². The predicted molar refractivity (Wildman–Crippen MR) is 59.3 cm³/mol. The van der Waals surface area contributed by atoms with Crippen molar-refractivity contribution in [2.24, 2.45) is 0 Å². The van der Waals surface area contributed by atoms with Gasteiger partial charge in [-0.1, -0.05) is 6.07 Å². The highest BCUT2D eigenvalue weighted by molar-refractivity contribution is 7.13. The lowest BCUT2D eigenvalue weighted by Gasteiger charge is -1.94. The number of thiophene rings is 1. The minimum Gasteiger partial charge on any atom is -0.298 e. The van der Waals surface area contributed by atoms with Crippen LogP contribution in [0.4, 0.5) is 0 Å². The average Bonchev–Trinajstić information content (AvgIpc) is 2.83. The molecule has 0 atom stereocenters. The fourth-order valence-electron chi connectivity index (χ4n) is 1.77. The van der Waals surface area contributed by atoms with Gasteiger partial charge in [0.25, 0.3) is 0 Å². The van der Waals surface area contributed by atoms with Crippen molar-refractivity contribution < 1.29 is 4.79 Å². The van der Waals surface area contributed by atoms with Crippen molar-refractivity contribution in [1.82, 2.24) is 10.2 Å². The molecule has 3 rings (SSSR count). The SMILES string of the molecule is O=Cc1c(-c2cccs2)n[nH]c1C1CC1. The lowest BCUT2D eigenvalue weighted by molar-refractivity contribution is 0.112. The van der Waals surface area contributed by atoms with Crippen LogP contribution in [0.25, 0.3) is 10.6 Å². The number of hydrogen-bond donors (Lipinski definition) is 1. The molecular formula is C11H10N2OS. The van der Waals surface area contributed by atoms with Gasteiger partial charge in [0.05, 0.1) is 10.4 Å². The number of nitrogens with zero attached hydrogens (tertiary/aromatic N) is 1. The molecule has 4 heteroatoms. The van der Waals surface area contributed by atoms with E-state index >= 15 is 0 Å². The molecule has 76 valence electrons. The van der Waals surface area contributed by atoms with Crippen LogP contribution < -0.4 is 0 Å². The molecule has 1 N–H and O–H groups in total. The third kappa shape index (κ3) is 1.41. The number of aromatic amines is 1. The van der Waals surface area contributed by atoms with E-state index < -0.39 is 0 Å². The lowest BCUT2D eigenvalue weighted by atomic mass is 10.1. The van der Waals surface area contributed by atoms with Crippen molar-refractivity contribution in [1.29, 1.82) is 0 Å². The second kappa shape index (κ2) is 3.31. The second-order valence-corrected chi connectivity index (χ2v) is 4.72. The summed E-state index contributed by atoms with van der Waals surface area (Å²) in [4.78, 5) is 12.1. The van der Waals surface area contributed by atoms with Crippen LogP contribution >= 0.6 is 11.3 Å². The Labute approximate surface area is 91.1 Å². The monoisotopic (exact) mass is 218 g/mol. The van der Waals surface area contributed by atoms with Crippen LogP contribution in [0.3, 0.4) is 0 Å². The highest BCUT2D eigenvalue weighted by Crippen LogP contribution is 2.42. The molecule has 1 saturated carbocycles. The maximum Gasteiger partial charge on any atom is 0.154 e. The number of aldehydes is 1. The molecule has 0 amide bonds. The maximum absolute atomic E-state index is 11.1. The predicted octanol–water partition coefficient (Wildman–Crippen LogP) is 2.83. The van der Waals surface area contributed by atoms with Crippen molar-refractivity contribution in [3.8, 4) is 10.6 Å². The number of carbonyl (C=O) groups excluding carboxylic acids is 1. The minimum atomic E-state index is 0.534. The zero-order valence-electron chi connectivity index (χ0n) is 8.06. The Morgan fingerprint density at radius 1 is 1.53 bits per heavy atom. The van der Waals surface area contributed by atoms with E-state index in [1.165, 1.54) is 12.8 Å². The molecule has 3 nitrogen and oxygen atoms in total. The van der Waals surface area contributed by atoms with Gasteiger partial charge in [0.2, 0.25) is 0 Å². The summed E-state index contributed by atoms with van der Waals surface area (Å²) in [6.45, 7) is 0. The van der Waals surface area contributed by atoms with Gasteiger partial charge in [-0.3, -0.25) is 9.89 Å². The van der Waals surface area contributed by atoms with Gasteiger partial charge in [0.1, 0.15) is 5.69 Å². The molecule has 2 heterocycles. The van der Waals surface area contributed by atoms with Crippen molar-refractivity contribution >= 4 is 17.6 Å². The second-order valence-electron chi connectivity index (χ2n) is 3.77. The molecule has 1 aliphatic carbocycles. The molecule has 0 aromatic carbocycles. The van der Waals surface area contributed by atoms with Gasteiger partial charge in [-0.2, -0.15) is 5.10 Å². The van der Waals surface area contributed by atoms with Crippen molar-refractivity contribution in [2.45, 2.75) is 18.8 Å². The van der Waals surface area contributed by atoms with E-state index in [1.54, 1.807) is 11.3 Å². The normalized spacial score (nSPS) is 15.5. The van der Waals surface area contributed by atoms with Crippen molar-refractivity contribution in [2.75, 3.05) is 0 Å². The van der Waals surface area contributed by atoms with Gasteiger partial charge >= 0.3 is 0 Å². The largest absolute Gasteiger partial charge is 0.298 e. The van der Waals surface area contributed by atoms with E-state index in [1.807, 2.05) is 17.5 Å². The van der Waals surface area contributed by atoms with Gasteiger partial charge in [-0.15, -0.1) is 11.3 Å². The van der Waals surface area contributed by atoms with E-state index in [0.717, 1.165) is 28.1 Å². The number of carbonyl (C=O) groups is 1. The summed E-state index contributed by atoms with van der Waals surface area (Å²) in [5.74, 6) is 0.534. The quantitative estimate of drug-likeness (QED) is 0.805. The zero-order valence-corrected chi connectivity index (χ0v) is 8.88. The van der Waals surface area contributed by atoms with Crippen LogP contribution in [0.5, 0.6) is 0 Å². The Balaban J connectivity index is 2.11. The van der Waals surface area contributed by atoms with Gasteiger partial charge in [-0.25, -0.2) is 0 Å². The number of H-pyrrole nitrogens is 1. The summed E-state index contributed by atoms with van der Waals surface area (Å²) in [7, 11) is 0. The Morgan fingerprint density at radius 3 is 3.00 bits per heavy atom. The molecule has 2 aromatic rings. The summed E-state index contributed by atoms with van der Waals surface area (Å²) in [5, 5.41) is 9.24. The Morgan fingerprint density at radius 2 is 2.40 bits per heavy atom. The fourth-order valence-corrected chi connectivity index (χ4v) is 2.50. The first-order valence-corrected chi connectivity index (χ1v) is 5.85.